The van der Waals surface area contributed by atoms with Gasteiger partial charge in [-0.15, -0.1) is 0 Å². The van der Waals surface area contributed by atoms with Crippen molar-refractivity contribution in [2.24, 2.45) is 5.73 Å². The van der Waals surface area contributed by atoms with Crippen molar-refractivity contribution in [3.05, 3.63) is 34.9 Å². The molecular weight excluding hydrogens is 212 g/mol. The van der Waals surface area contributed by atoms with Crippen LogP contribution in [0.1, 0.15) is 25.5 Å². The Bertz CT molecular complexity index is 352. The topological polar surface area (TPSA) is 55.1 Å². The summed E-state index contributed by atoms with van der Waals surface area (Å²) in [5.41, 5.74) is 6.35. The van der Waals surface area contributed by atoms with Crippen molar-refractivity contribution in [1.82, 2.24) is 5.32 Å². The second-order valence-electron chi connectivity index (χ2n) is 3.54. The van der Waals surface area contributed by atoms with Gasteiger partial charge in [0, 0.05) is 5.02 Å². The van der Waals surface area contributed by atoms with E-state index < -0.39 is 6.04 Å². The molecule has 0 heterocycles. The molecule has 0 saturated heterocycles. The van der Waals surface area contributed by atoms with Gasteiger partial charge in [-0.2, -0.15) is 0 Å². The summed E-state index contributed by atoms with van der Waals surface area (Å²) < 4.78 is 0. The van der Waals surface area contributed by atoms with Crippen LogP contribution in [-0.4, -0.2) is 11.9 Å². The van der Waals surface area contributed by atoms with Crippen LogP contribution >= 0.6 is 11.6 Å². The Balaban J connectivity index is 2.73. The van der Waals surface area contributed by atoms with Crippen molar-refractivity contribution in [2.45, 2.75) is 25.9 Å². The Hall–Kier alpha value is -1.06. The number of nitrogens with two attached hydrogens (primary N) is 1. The minimum atomic E-state index is -0.505. The highest BCUT2D eigenvalue weighted by Gasteiger charge is 2.14. The van der Waals surface area contributed by atoms with E-state index in [0.717, 1.165) is 5.56 Å². The van der Waals surface area contributed by atoms with Crippen LogP contribution in [0.15, 0.2) is 24.3 Å². The van der Waals surface area contributed by atoms with Crippen molar-refractivity contribution in [3.8, 4) is 0 Å². The second kappa shape index (κ2) is 5.14. The van der Waals surface area contributed by atoms with Crippen molar-refractivity contribution < 1.29 is 4.79 Å². The normalized spacial score (nSPS) is 14.4. The maximum atomic E-state index is 11.4. The highest BCUT2D eigenvalue weighted by Crippen LogP contribution is 2.21. The van der Waals surface area contributed by atoms with Gasteiger partial charge in [0.05, 0.1) is 12.1 Å². The van der Waals surface area contributed by atoms with Gasteiger partial charge >= 0.3 is 0 Å². The van der Waals surface area contributed by atoms with Crippen molar-refractivity contribution >= 4 is 17.5 Å². The van der Waals surface area contributed by atoms with Crippen molar-refractivity contribution in [3.63, 3.8) is 0 Å². The molecule has 0 aromatic heterocycles. The zero-order valence-corrected chi connectivity index (χ0v) is 9.58. The lowest BCUT2D eigenvalue weighted by Crippen LogP contribution is -2.39. The van der Waals surface area contributed by atoms with Gasteiger partial charge in [0.2, 0.25) is 5.91 Å². The molecule has 0 fully saturated rings. The molecule has 0 aliphatic carbocycles. The SMILES string of the molecule is C[C@H](N)C(=O)N[C@H](C)c1ccccc1Cl. The molecule has 0 aliphatic heterocycles. The average molecular weight is 227 g/mol. The Labute approximate surface area is 94.6 Å². The molecule has 1 amide bonds. The molecule has 82 valence electrons. The van der Waals surface area contributed by atoms with Crippen LogP contribution in [0.2, 0.25) is 5.02 Å². The van der Waals surface area contributed by atoms with Crippen LogP contribution in [0.3, 0.4) is 0 Å². The number of halogens is 1. The number of benzene rings is 1. The van der Waals surface area contributed by atoms with Crippen LogP contribution in [0.5, 0.6) is 0 Å². The predicted molar refractivity (Wildman–Crippen MR) is 61.7 cm³/mol. The summed E-state index contributed by atoms with van der Waals surface area (Å²) >= 11 is 6.00. The molecule has 2 atom stereocenters. The lowest BCUT2D eigenvalue weighted by atomic mass is 10.1. The molecular formula is C11H15ClN2O. The van der Waals surface area contributed by atoms with Gasteiger partial charge in [-0.3, -0.25) is 4.79 Å². The first kappa shape index (κ1) is 12.0. The highest BCUT2D eigenvalue weighted by atomic mass is 35.5. The summed E-state index contributed by atoms with van der Waals surface area (Å²) in [6, 6.07) is 6.79. The molecule has 1 aromatic rings. The third-order valence-corrected chi connectivity index (χ3v) is 2.49. The Morgan fingerprint density at radius 3 is 2.53 bits per heavy atom. The lowest BCUT2D eigenvalue weighted by molar-refractivity contribution is -0.122. The summed E-state index contributed by atoms with van der Waals surface area (Å²) in [5, 5.41) is 3.44. The molecule has 4 heteroatoms. The number of rotatable bonds is 3. The quantitative estimate of drug-likeness (QED) is 0.827. The maximum Gasteiger partial charge on any atom is 0.237 e. The standard InChI is InChI=1S/C11H15ClN2O/c1-7(13)11(15)14-8(2)9-5-3-4-6-10(9)12/h3-8H,13H2,1-2H3,(H,14,15)/t7-,8+/m0/s1. The Morgan fingerprint density at radius 2 is 2.00 bits per heavy atom. The number of carbonyl (C=O) groups is 1. The van der Waals surface area contributed by atoms with Crippen LogP contribution < -0.4 is 11.1 Å². The first-order valence-electron chi connectivity index (χ1n) is 4.82. The fourth-order valence-electron chi connectivity index (χ4n) is 1.25. The number of carbonyl (C=O) groups excluding carboxylic acids is 1. The molecule has 1 aromatic carbocycles. The van der Waals surface area contributed by atoms with E-state index in [9.17, 15) is 4.79 Å². The van der Waals surface area contributed by atoms with Gasteiger partial charge in [-0.25, -0.2) is 0 Å². The first-order valence-corrected chi connectivity index (χ1v) is 5.20. The lowest BCUT2D eigenvalue weighted by Gasteiger charge is -2.16. The molecule has 0 saturated carbocycles. The van der Waals surface area contributed by atoms with Crippen LogP contribution in [0, 0.1) is 0 Å². The summed E-state index contributed by atoms with van der Waals surface area (Å²) in [5.74, 6) is -0.178. The Morgan fingerprint density at radius 1 is 1.40 bits per heavy atom. The molecule has 0 bridgehead atoms. The molecule has 3 N–H and O–H groups in total. The number of hydrogen-bond acceptors (Lipinski definition) is 2. The molecule has 3 nitrogen and oxygen atoms in total. The average Bonchev–Trinajstić information content (AvgIpc) is 2.18. The van der Waals surface area contributed by atoms with E-state index >= 15 is 0 Å². The van der Waals surface area contributed by atoms with Crippen LogP contribution in [0.4, 0.5) is 0 Å². The van der Waals surface area contributed by atoms with E-state index in [-0.39, 0.29) is 11.9 Å². The monoisotopic (exact) mass is 226 g/mol. The van der Waals surface area contributed by atoms with Crippen molar-refractivity contribution in [1.29, 1.82) is 0 Å². The molecule has 0 radical (unpaired) electrons. The summed E-state index contributed by atoms with van der Waals surface area (Å²) in [6.45, 7) is 3.52. The van der Waals surface area contributed by atoms with Crippen molar-refractivity contribution in [2.75, 3.05) is 0 Å². The minimum absolute atomic E-state index is 0.128. The fraction of sp³-hybridized carbons (Fsp3) is 0.364. The fourth-order valence-corrected chi connectivity index (χ4v) is 1.55. The van der Waals surface area contributed by atoms with Gasteiger partial charge in [0.15, 0.2) is 0 Å². The van der Waals surface area contributed by atoms with Gasteiger partial charge in [-0.1, -0.05) is 29.8 Å². The second-order valence-corrected chi connectivity index (χ2v) is 3.95. The zero-order valence-electron chi connectivity index (χ0n) is 8.83. The molecule has 15 heavy (non-hydrogen) atoms. The summed E-state index contributed by atoms with van der Waals surface area (Å²) in [4.78, 5) is 11.4. The van der Waals surface area contributed by atoms with E-state index in [0.29, 0.717) is 5.02 Å². The van der Waals surface area contributed by atoms with E-state index in [1.54, 1.807) is 13.0 Å². The summed E-state index contributed by atoms with van der Waals surface area (Å²) in [6.07, 6.45) is 0. The van der Waals surface area contributed by atoms with Gasteiger partial charge < -0.3 is 11.1 Å². The van der Waals surface area contributed by atoms with Crippen LogP contribution in [-0.2, 0) is 4.79 Å². The predicted octanol–water partition coefficient (Wildman–Crippen LogP) is 1.86. The maximum absolute atomic E-state index is 11.4. The van der Waals surface area contributed by atoms with E-state index in [1.165, 1.54) is 0 Å². The Kier molecular flexibility index (Phi) is 4.12. The summed E-state index contributed by atoms with van der Waals surface area (Å²) in [7, 11) is 0. The molecule has 0 spiro atoms. The van der Waals surface area contributed by atoms with E-state index in [1.807, 2.05) is 25.1 Å². The number of amides is 1. The third-order valence-electron chi connectivity index (χ3n) is 2.14. The van der Waals surface area contributed by atoms with E-state index in [2.05, 4.69) is 5.32 Å². The molecule has 0 unspecified atom stereocenters. The van der Waals surface area contributed by atoms with Gasteiger partial charge in [0.25, 0.3) is 0 Å². The minimum Gasteiger partial charge on any atom is -0.348 e. The largest absolute Gasteiger partial charge is 0.348 e. The smallest absolute Gasteiger partial charge is 0.237 e. The van der Waals surface area contributed by atoms with Gasteiger partial charge in [0.1, 0.15) is 0 Å². The molecule has 1 rings (SSSR count). The first-order chi connectivity index (χ1) is 7.02. The number of hydrogen-bond donors (Lipinski definition) is 2. The zero-order chi connectivity index (χ0) is 11.4. The van der Waals surface area contributed by atoms with Crippen LogP contribution in [0.25, 0.3) is 0 Å². The van der Waals surface area contributed by atoms with E-state index in [4.69, 9.17) is 17.3 Å². The van der Waals surface area contributed by atoms with Gasteiger partial charge in [-0.05, 0) is 25.5 Å². The third kappa shape index (κ3) is 3.22. The highest BCUT2D eigenvalue weighted by molar-refractivity contribution is 6.31. The molecule has 0 aliphatic rings. The number of nitrogens with one attached hydrogen (secondary N) is 1.